The smallest absolute Gasteiger partial charge is 0.264 e. The van der Waals surface area contributed by atoms with Crippen LogP contribution in [0.4, 0.5) is 0 Å². The van der Waals surface area contributed by atoms with E-state index in [-0.39, 0.29) is 17.2 Å². The van der Waals surface area contributed by atoms with Gasteiger partial charge < -0.3 is 9.73 Å². The minimum absolute atomic E-state index is 0.152. The zero-order chi connectivity index (χ0) is 23.5. The van der Waals surface area contributed by atoms with Gasteiger partial charge in [0, 0.05) is 11.6 Å². The van der Waals surface area contributed by atoms with Crippen LogP contribution < -0.4 is 10.9 Å². The monoisotopic (exact) mass is 494 g/mol. The number of halogens is 1. The molecule has 5 aromatic rings. The normalized spacial score (nSPS) is 11.3. The number of oxazole rings is 1. The standard InChI is InChI=1S/C23H19ClN6O3S/c24-16-5-3-4-15(10-16)12-29-14-26-21-17(22(29)32)11-27-30(21)9-8-25-20(31)13-34-23-28-18-6-1-2-7-19(18)33-23/h1-7,10-11,14H,8-9,12-13H2,(H,25,31). The highest BCUT2D eigenvalue weighted by molar-refractivity contribution is 7.99. The van der Waals surface area contributed by atoms with Gasteiger partial charge in [-0.2, -0.15) is 5.10 Å². The van der Waals surface area contributed by atoms with Crippen molar-refractivity contribution in [2.45, 2.75) is 18.3 Å². The molecule has 0 aliphatic rings. The second-order valence-corrected chi connectivity index (χ2v) is 8.86. The molecule has 5 rings (SSSR count). The first-order valence-corrected chi connectivity index (χ1v) is 11.8. The molecule has 0 aliphatic carbocycles. The number of fused-ring (bicyclic) bond motifs is 2. The maximum Gasteiger partial charge on any atom is 0.264 e. The topological polar surface area (TPSA) is 108 Å². The molecule has 0 spiro atoms. The average Bonchev–Trinajstić information content (AvgIpc) is 3.44. The summed E-state index contributed by atoms with van der Waals surface area (Å²) < 4.78 is 8.73. The first kappa shape index (κ1) is 22.2. The van der Waals surface area contributed by atoms with Crippen molar-refractivity contribution in [3.8, 4) is 0 Å². The number of aromatic nitrogens is 5. The van der Waals surface area contributed by atoms with Crippen LogP contribution in [0.3, 0.4) is 0 Å². The van der Waals surface area contributed by atoms with E-state index in [0.717, 1.165) is 11.1 Å². The van der Waals surface area contributed by atoms with E-state index in [2.05, 4.69) is 20.4 Å². The van der Waals surface area contributed by atoms with Crippen LogP contribution in [0.2, 0.25) is 5.02 Å². The molecule has 0 unspecified atom stereocenters. The third-order valence-corrected chi connectivity index (χ3v) is 6.17. The Morgan fingerprint density at radius 1 is 1.18 bits per heavy atom. The van der Waals surface area contributed by atoms with Gasteiger partial charge in [0.25, 0.3) is 10.8 Å². The molecule has 11 heteroatoms. The maximum atomic E-state index is 12.8. The molecule has 2 aromatic carbocycles. The minimum Gasteiger partial charge on any atom is -0.431 e. The lowest BCUT2D eigenvalue weighted by Crippen LogP contribution is -2.29. The summed E-state index contributed by atoms with van der Waals surface area (Å²) in [4.78, 5) is 33.8. The zero-order valence-electron chi connectivity index (χ0n) is 17.8. The number of carbonyl (C=O) groups excluding carboxylic acids is 1. The summed E-state index contributed by atoms with van der Waals surface area (Å²) in [5, 5.41) is 8.59. The molecule has 1 N–H and O–H groups in total. The van der Waals surface area contributed by atoms with E-state index in [0.29, 0.717) is 46.5 Å². The van der Waals surface area contributed by atoms with E-state index < -0.39 is 0 Å². The summed E-state index contributed by atoms with van der Waals surface area (Å²) in [6.07, 6.45) is 3.00. The van der Waals surface area contributed by atoms with Crippen molar-refractivity contribution in [1.29, 1.82) is 0 Å². The van der Waals surface area contributed by atoms with E-state index in [9.17, 15) is 9.59 Å². The van der Waals surface area contributed by atoms with Crippen LogP contribution in [0.25, 0.3) is 22.1 Å². The predicted octanol–water partition coefficient (Wildman–Crippen LogP) is 3.34. The molecule has 0 fully saturated rings. The molecule has 3 aromatic heterocycles. The summed E-state index contributed by atoms with van der Waals surface area (Å²) >= 11 is 7.27. The fraction of sp³-hybridized carbons (Fsp3) is 0.174. The van der Waals surface area contributed by atoms with Crippen LogP contribution >= 0.6 is 23.4 Å². The van der Waals surface area contributed by atoms with Crippen LogP contribution in [0.5, 0.6) is 0 Å². The number of hydrogen-bond donors (Lipinski definition) is 1. The number of thioether (sulfide) groups is 1. The van der Waals surface area contributed by atoms with E-state index >= 15 is 0 Å². The third-order valence-electron chi connectivity index (χ3n) is 5.11. The van der Waals surface area contributed by atoms with E-state index in [4.69, 9.17) is 16.0 Å². The van der Waals surface area contributed by atoms with Gasteiger partial charge >= 0.3 is 0 Å². The number of carbonyl (C=O) groups is 1. The van der Waals surface area contributed by atoms with Crippen LogP contribution in [0.1, 0.15) is 5.56 Å². The summed E-state index contributed by atoms with van der Waals surface area (Å²) in [5.74, 6) is 0.0274. The Labute approximate surface area is 202 Å². The van der Waals surface area contributed by atoms with Crippen molar-refractivity contribution in [3.63, 3.8) is 0 Å². The lowest BCUT2D eigenvalue weighted by Gasteiger charge is -2.07. The van der Waals surface area contributed by atoms with E-state index in [1.807, 2.05) is 42.5 Å². The first-order valence-electron chi connectivity index (χ1n) is 10.5. The molecule has 3 heterocycles. The summed E-state index contributed by atoms with van der Waals surface area (Å²) in [6, 6.07) is 14.8. The molecule has 0 bridgehead atoms. The average molecular weight is 495 g/mol. The number of benzene rings is 2. The SMILES string of the molecule is O=C(CSc1nc2ccccc2o1)NCCn1ncc2c(=O)n(Cc3cccc(Cl)c3)cnc21. The molecule has 1 amide bonds. The largest absolute Gasteiger partial charge is 0.431 e. The number of nitrogens with one attached hydrogen (secondary N) is 1. The molecule has 172 valence electrons. The van der Waals surface area contributed by atoms with Gasteiger partial charge in [-0.1, -0.05) is 47.6 Å². The molecular formula is C23H19ClN6O3S. The van der Waals surface area contributed by atoms with Crippen LogP contribution in [-0.2, 0) is 17.9 Å². The van der Waals surface area contributed by atoms with Gasteiger partial charge in [0.05, 0.1) is 25.0 Å². The summed E-state index contributed by atoms with van der Waals surface area (Å²) in [5.41, 5.74) is 2.64. The lowest BCUT2D eigenvalue weighted by molar-refractivity contribution is -0.118. The van der Waals surface area contributed by atoms with Crippen LogP contribution in [0, 0.1) is 0 Å². The van der Waals surface area contributed by atoms with Gasteiger partial charge in [0.2, 0.25) is 5.91 Å². The number of hydrogen-bond acceptors (Lipinski definition) is 7. The van der Waals surface area contributed by atoms with Gasteiger partial charge in [-0.25, -0.2) is 14.6 Å². The number of nitrogens with zero attached hydrogens (tertiary/aromatic N) is 5. The summed E-state index contributed by atoms with van der Waals surface area (Å²) in [6.45, 7) is 1.09. The van der Waals surface area contributed by atoms with E-state index in [1.54, 1.807) is 10.7 Å². The van der Waals surface area contributed by atoms with Crippen molar-refractivity contribution in [1.82, 2.24) is 29.6 Å². The number of para-hydroxylation sites is 2. The highest BCUT2D eigenvalue weighted by Gasteiger charge is 2.12. The second kappa shape index (κ2) is 9.70. The molecule has 0 atom stereocenters. The maximum absolute atomic E-state index is 12.8. The minimum atomic E-state index is -0.185. The molecule has 0 saturated heterocycles. The quantitative estimate of drug-likeness (QED) is 0.329. The first-order chi connectivity index (χ1) is 16.6. The fourth-order valence-electron chi connectivity index (χ4n) is 3.50. The Kier molecular flexibility index (Phi) is 6.33. The van der Waals surface area contributed by atoms with Gasteiger partial charge in [-0.15, -0.1) is 0 Å². The summed E-state index contributed by atoms with van der Waals surface area (Å²) in [7, 11) is 0. The Morgan fingerprint density at radius 2 is 2.06 bits per heavy atom. The fourth-order valence-corrected chi connectivity index (χ4v) is 4.38. The highest BCUT2D eigenvalue weighted by atomic mass is 35.5. The van der Waals surface area contributed by atoms with Crippen molar-refractivity contribution in [3.05, 3.63) is 82.0 Å². The molecule has 34 heavy (non-hydrogen) atoms. The van der Waals surface area contributed by atoms with Crippen molar-refractivity contribution in [2.24, 2.45) is 0 Å². The zero-order valence-corrected chi connectivity index (χ0v) is 19.4. The van der Waals surface area contributed by atoms with E-state index in [1.165, 1.54) is 28.9 Å². The molecular weight excluding hydrogens is 476 g/mol. The molecule has 9 nitrogen and oxygen atoms in total. The Balaban J connectivity index is 1.17. The van der Waals surface area contributed by atoms with Crippen LogP contribution in [-0.4, -0.2) is 42.5 Å². The Hall–Kier alpha value is -3.63. The van der Waals surface area contributed by atoms with Gasteiger partial charge in [-0.05, 0) is 29.8 Å². The molecule has 0 radical (unpaired) electrons. The van der Waals surface area contributed by atoms with Gasteiger partial charge in [0.1, 0.15) is 17.2 Å². The Morgan fingerprint density at radius 3 is 2.91 bits per heavy atom. The molecule has 0 saturated carbocycles. The van der Waals surface area contributed by atoms with Crippen molar-refractivity contribution >= 4 is 51.4 Å². The number of amides is 1. The highest BCUT2D eigenvalue weighted by Crippen LogP contribution is 2.22. The Bertz CT molecular complexity index is 1510. The predicted molar refractivity (Wildman–Crippen MR) is 130 cm³/mol. The van der Waals surface area contributed by atoms with Gasteiger partial charge in [-0.3, -0.25) is 14.2 Å². The molecule has 0 aliphatic heterocycles. The van der Waals surface area contributed by atoms with Crippen molar-refractivity contribution in [2.75, 3.05) is 12.3 Å². The second-order valence-electron chi connectivity index (χ2n) is 7.50. The third kappa shape index (κ3) is 4.82. The number of rotatable bonds is 8. The lowest BCUT2D eigenvalue weighted by atomic mass is 10.2. The van der Waals surface area contributed by atoms with Gasteiger partial charge in [0.15, 0.2) is 11.2 Å². The van der Waals surface area contributed by atoms with Crippen LogP contribution in [0.15, 0.2) is 75.5 Å². The van der Waals surface area contributed by atoms with Crippen molar-refractivity contribution < 1.29 is 9.21 Å².